The van der Waals surface area contributed by atoms with Gasteiger partial charge in [-0.25, -0.2) is 4.98 Å². The molecule has 0 saturated carbocycles. The van der Waals surface area contributed by atoms with E-state index in [1.807, 2.05) is 11.0 Å². The third-order valence-corrected chi connectivity index (χ3v) is 6.67. The van der Waals surface area contributed by atoms with Crippen LogP contribution in [0.25, 0.3) is 21.9 Å². The first-order valence-corrected chi connectivity index (χ1v) is 11.2. The van der Waals surface area contributed by atoms with Gasteiger partial charge < -0.3 is 14.3 Å². The lowest BCUT2D eigenvalue weighted by Gasteiger charge is -2.35. The lowest BCUT2D eigenvalue weighted by atomic mass is 10.1. The first kappa shape index (κ1) is 20.5. The van der Waals surface area contributed by atoms with Crippen LogP contribution in [0, 0.1) is 27.7 Å². The highest BCUT2D eigenvalue weighted by molar-refractivity contribution is 5.88. The number of rotatable bonds is 3. The average Bonchev–Trinajstić information content (AvgIpc) is 3.16. The van der Waals surface area contributed by atoms with Gasteiger partial charge in [0.25, 0.3) is 0 Å². The minimum absolute atomic E-state index is 0.0940. The minimum atomic E-state index is 0.0940. The average molecular weight is 429 g/mol. The molecule has 1 fully saturated rings. The summed E-state index contributed by atoms with van der Waals surface area (Å²) in [6, 6.07) is 12.5. The number of benzene rings is 2. The Hall–Kier alpha value is -3.41. The zero-order valence-electron chi connectivity index (χ0n) is 19.1. The van der Waals surface area contributed by atoms with E-state index in [9.17, 15) is 4.79 Å². The van der Waals surface area contributed by atoms with Crippen LogP contribution in [-0.2, 0) is 11.2 Å². The molecule has 164 valence electrons. The van der Waals surface area contributed by atoms with Crippen LogP contribution >= 0.6 is 0 Å². The van der Waals surface area contributed by atoms with E-state index in [4.69, 9.17) is 9.51 Å². The molecule has 0 spiro atoms. The summed E-state index contributed by atoms with van der Waals surface area (Å²) < 4.78 is 5.47. The summed E-state index contributed by atoms with van der Waals surface area (Å²) in [6.07, 6.45) is 0.266. The maximum Gasteiger partial charge on any atom is 0.228 e. The first-order chi connectivity index (χ1) is 15.4. The highest BCUT2D eigenvalue weighted by Crippen LogP contribution is 2.26. The second-order valence-corrected chi connectivity index (χ2v) is 8.87. The summed E-state index contributed by atoms with van der Waals surface area (Å²) in [5, 5.41) is 6.32. The Balaban J connectivity index is 1.29. The van der Waals surface area contributed by atoms with Gasteiger partial charge in [-0.2, -0.15) is 0 Å². The van der Waals surface area contributed by atoms with E-state index in [0.717, 1.165) is 46.7 Å². The predicted molar refractivity (Wildman–Crippen MR) is 127 cm³/mol. The Bertz CT molecular complexity index is 1330. The van der Waals surface area contributed by atoms with Crippen molar-refractivity contribution in [3.05, 3.63) is 64.3 Å². The van der Waals surface area contributed by atoms with Gasteiger partial charge in [-0.05, 0) is 68.1 Å². The highest BCUT2D eigenvalue weighted by Gasteiger charge is 2.24. The zero-order chi connectivity index (χ0) is 22.4. The van der Waals surface area contributed by atoms with E-state index >= 15 is 0 Å². The van der Waals surface area contributed by atoms with Gasteiger partial charge in [0, 0.05) is 37.0 Å². The second kappa shape index (κ2) is 7.93. The van der Waals surface area contributed by atoms with E-state index in [-0.39, 0.29) is 12.3 Å². The maximum atomic E-state index is 13.0. The lowest BCUT2D eigenvalue weighted by molar-refractivity contribution is -0.130. The summed E-state index contributed by atoms with van der Waals surface area (Å²) in [5.41, 5.74) is 7.28. The summed E-state index contributed by atoms with van der Waals surface area (Å²) >= 11 is 0. The molecule has 0 unspecified atom stereocenters. The number of piperazine rings is 1. The number of carbonyl (C=O) groups excluding carboxylic acids is 1. The van der Waals surface area contributed by atoms with Crippen LogP contribution in [0.5, 0.6) is 0 Å². The molecule has 1 saturated heterocycles. The monoisotopic (exact) mass is 428 g/mol. The molecule has 0 bridgehead atoms. The van der Waals surface area contributed by atoms with Crippen molar-refractivity contribution in [3.63, 3.8) is 0 Å². The number of amides is 1. The highest BCUT2D eigenvalue weighted by atomic mass is 16.5. The van der Waals surface area contributed by atoms with Gasteiger partial charge in [-0.1, -0.05) is 23.4 Å². The molecular formula is C26H28N4O2. The van der Waals surface area contributed by atoms with Crippen molar-refractivity contribution in [1.82, 2.24) is 15.0 Å². The normalized spacial score (nSPS) is 14.5. The molecule has 2 aromatic carbocycles. The molecule has 0 N–H and O–H groups in total. The zero-order valence-corrected chi connectivity index (χ0v) is 19.1. The number of pyridine rings is 1. The largest absolute Gasteiger partial charge is 0.356 e. The van der Waals surface area contributed by atoms with Crippen LogP contribution in [0.15, 0.2) is 40.9 Å². The Morgan fingerprint density at radius 3 is 2.44 bits per heavy atom. The van der Waals surface area contributed by atoms with Crippen LogP contribution in [0.3, 0.4) is 0 Å². The van der Waals surface area contributed by atoms with Crippen molar-refractivity contribution in [2.45, 2.75) is 34.1 Å². The van der Waals surface area contributed by atoms with E-state index < -0.39 is 0 Å². The van der Waals surface area contributed by atoms with Gasteiger partial charge >= 0.3 is 0 Å². The third kappa shape index (κ3) is 3.60. The quantitative estimate of drug-likeness (QED) is 0.481. The van der Waals surface area contributed by atoms with Crippen molar-refractivity contribution >= 4 is 33.6 Å². The van der Waals surface area contributed by atoms with Crippen molar-refractivity contribution in [1.29, 1.82) is 0 Å². The van der Waals surface area contributed by atoms with E-state index in [0.29, 0.717) is 13.1 Å². The molecular weight excluding hydrogens is 400 g/mol. The molecule has 1 aliphatic rings. The molecule has 3 heterocycles. The fourth-order valence-corrected chi connectivity index (χ4v) is 4.52. The molecule has 32 heavy (non-hydrogen) atoms. The molecule has 6 heteroatoms. The summed E-state index contributed by atoms with van der Waals surface area (Å²) in [6.45, 7) is 11.3. The molecule has 1 aliphatic heterocycles. The standard InChI is InChI=1S/C26H28N4O2/c1-16-6-5-7-20-19(4)14-24(27-26(16)20)29-8-10-30(11-9-29)25(31)15-22-21-12-17(2)18(3)13-23(21)32-28-22/h5-7,12-14H,8-11,15H2,1-4H3. The van der Waals surface area contributed by atoms with E-state index in [1.54, 1.807) is 0 Å². The fraction of sp³-hybridized carbons (Fsp3) is 0.346. The number of aromatic nitrogens is 2. The molecule has 6 nitrogen and oxygen atoms in total. The smallest absolute Gasteiger partial charge is 0.228 e. The minimum Gasteiger partial charge on any atom is -0.356 e. The number of fused-ring (bicyclic) bond motifs is 2. The van der Waals surface area contributed by atoms with E-state index in [2.05, 4.69) is 68.1 Å². The number of anilines is 1. The Kier molecular flexibility index (Phi) is 5.08. The predicted octanol–water partition coefficient (Wildman–Crippen LogP) is 4.50. The number of hydrogen-bond donors (Lipinski definition) is 0. The van der Waals surface area contributed by atoms with Crippen molar-refractivity contribution in [2.24, 2.45) is 0 Å². The molecule has 0 aliphatic carbocycles. The fourth-order valence-electron chi connectivity index (χ4n) is 4.52. The van der Waals surface area contributed by atoms with Crippen LogP contribution in [0.2, 0.25) is 0 Å². The van der Waals surface area contributed by atoms with Crippen LogP contribution < -0.4 is 4.90 Å². The van der Waals surface area contributed by atoms with Gasteiger partial charge in [-0.15, -0.1) is 0 Å². The lowest BCUT2D eigenvalue weighted by Crippen LogP contribution is -2.49. The summed E-state index contributed by atoms with van der Waals surface area (Å²) in [4.78, 5) is 22.1. The number of hydrogen-bond acceptors (Lipinski definition) is 5. The van der Waals surface area contributed by atoms with Crippen molar-refractivity contribution in [3.8, 4) is 0 Å². The SMILES string of the molecule is Cc1cc2onc(CC(=O)N3CCN(c4cc(C)c5cccc(C)c5n4)CC3)c2cc1C. The first-order valence-electron chi connectivity index (χ1n) is 11.2. The molecule has 1 amide bonds. The topological polar surface area (TPSA) is 62.5 Å². The van der Waals surface area contributed by atoms with Crippen LogP contribution in [0.4, 0.5) is 5.82 Å². The van der Waals surface area contributed by atoms with Gasteiger partial charge in [0.15, 0.2) is 5.58 Å². The Labute approximate surface area is 187 Å². The van der Waals surface area contributed by atoms with Crippen molar-refractivity contribution < 1.29 is 9.32 Å². The Morgan fingerprint density at radius 1 is 0.906 bits per heavy atom. The van der Waals surface area contributed by atoms with Gasteiger partial charge in [0.05, 0.1) is 11.9 Å². The van der Waals surface area contributed by atoms with Gasteiger partial charge in [0.2, 0.25) is 5.91 Å². The molecule has 0 radical (unpaired) electrons. The maximum absolute atomic E-state index is 13.0. The number of aryl methyl sites for hydroxylation is 4. The van der Waals surface area contributed by atoms with Crippen LogP contribution in [0.1, 0.15) is 27.9 Å². The molecule has 4 aromatic rings. The molecule has 2 aromatic heterocycles. The van der Waals surface area contributed by atoms with Crippen molar-refractivity contribution in [2.75, 3.05) is 31.1 Å². The summed E-state index contributed by atoms with van der Waals surface area (Å²) in [5.74, 6) is 1.08. The number of carbonyl (C=O) groups is 1. The molecule has 0 atom stereocenters. The second-order valence-electron chi connectivity index (χ2n) is 8.87. The summed E-state index contributed by atoms with van der Waals surface area (Å²) in [7, 11) is 0. The molecule has 5 rings (SSSR count). The van der Waals surface area contributed by atoms with Gasteiger partial charge in [0.1, 0.15) is 11.5 Å². The number of nitrogens with zero attached hydrogens (tertiary/aromatic N) is 4. The number of para-hydroxylation sites is 1. The van der Waals surface area contributed by atoms with E-state index in [1.165, 1.54) is 22.1 Å². The van der Waals surface area contributed by atoms with Crippen LogP contribution in [-0.4, -0.2) is 47.1 Å². The Morgan fingerprint density at radius 2 is 1.66 bits per heavy atom. The third-order valence-electron chi connectivity index (χ3n) is 6.67. The van der Waals surface area contributed by atoms with Gasteiger partial charge in [-0.3, -0.25) is 4.79 Å².